The van der Waals surface area contributed by atoms with E-state index in [4.69, 9.17) is 14.6 Å². The molecule has 0 aliphatic heterocycles. The molecule has 116 valence electrons. The SMILES string of the molecule is CCCCc1c(-c2ccc(OC)cc2)ccnc1OC(=O)O. The first-order valence-corrected chi connectivity index (χ1v) is 7.18. The number of aromatic nitrogens is 1. The third-order valence-corrected chi connectivity index (χ3v) is 3.38. The fourth-order valence-corrected chi connectivity index (χ4v) is 2.28. The van der Waals surface area contributed by atoms with Gasteiger partial charge in [0.25, 0.3) is 0 Å². The van der Waals surface area contributed by atoms with E-state index in [1.54, 1.807) is 13.3 Å². The second kappa shape index (κ2) is 7.45. The van der Waals surface area contributed by atoms with Crippen LogP contribution in [0.5, 0.6) is 11.6 Å². The zero-order chi connectivity index (χ0) is 15.9. The summed E-state index contributed by atoms with van der Waals surface area (Å²) in [6, 6.07) is 9.50. The Morgan fingerprint density at radius 1 is 1.23 bits per heavy atom. The van der Waals surface area contributed by atoms with Crippen molar-refractivity contribution in [3.63, 3.8) is 0 Å². The van der Waals surface area contributed by atoms with Gasteiger partial charge in [-0.15, -0.1) is 0 Å². The summed E-state index contributed by atoms with van der Waals surface area (Å²) in [6.07, 6.45) is 2.87. The first kappa shape index (κ1) is 15.8. The number of unbranched alkanes of at least 4 members (excludes halogenated alkanes) is 1. The number of pyridine rings is 1. The Morgan fingerprint density at radius 2 is 1.95 bits per heavy atom. The molecule has 1 N–H and O–H groups in total. The molecule has 0 radical (unpaired) electrons. The molecule has 2 rings (SSSR count). The zero-order valence-corrected chi connectivity index (χ0v) is 12.7. The smallest absolute Gasteiger partial charge is 0.497 e. The Bertz CT molecular complexity index is 638. The molecule has 0 fully saturated rings. The monoisotopic (exact) mass is 301 g/mol. The maximum atomic E-state index is 10.8. The average molecular weight is 301 g/mol. The van der Waals surface area contributed by atoms with Crippen LogP contribution in [-0.4, -0.2) is 23.4 Å². The van der Waals surface area contributed by atoms with Crippen molar-refractivity contribution in [1.82, 2.24) is 4.98 Å². The number of ether oxygens (including phenoxy) is 2. The summed E-state index contributed by atoms with van der Waals surface area (Å²) in [5.41, 5.74) is 2.73. The van der Waals surface area contributed by atoms with Gasteiger partial charge in [-0.25, -0.2) is 9.78 Å². The maximum absolute atomic E-state index is 10.8. The van der Waals surface area contributed by atoms with E-state index in [1.807, 2.05) is 30.3 Å². The first-order chi connectivity index (χ1) is 10.7. The number of hydrogen-bond acceptors (Lipinski definition) is 4. The fraction of sp³-hybridized carbons (Fsp3) is 0.294. The highest BCUT2D eigenvalue weighted by atomic mass is 16.7. The lowest BCUT2D eigenvalue weighted by molar-refractivity contribution is 0.142. The Morgan fingerprint density at radius 3 is 2.55 bits per heavy atom. The van der Waals surface area contributed by atoms with Gasteiger partial charge in [0.1, 0.15) is 5.75 Å². The molecular formula is C17H19NO4. The van der Waals surface area contributed by atoms with Crippen LogP contribution >= 0.6 is 0 Å². The third kappa shape index (κ3) is 3.75. The normalized spacial score (nSPS) is 10.3. The van der Waals surface area contributed by atoms with Crippen LogP contribution in [0.2, 0.25) is 0 Å². The van der Waals surface area contributed by atoms with Gasteiger partial charge in [0.05, 0.1) is 7.11 Å². The van der Waals surface area contributed by atoms with Crippen LogP contribution < -0.4 is 9.47 Å². The second-order valence-corrected chi connectivity index (χ2v) is 4.84. The van der Waals surface area contributed by atoms with Crippen molar-refractivity contribution >= 4 is 6.16 Å². The molecule has 0 spiro atoms. The summed E-state index contributed by atoms with van der Waals surface area (Å²) in [7, 11) is 1.62. The lowest BCUT2D eigenvalue weighted by atomic mass is 9.97. The first-order valence-electron chi connectivity index (χ1n) is 7.18. The number of rotatable bonds is 6. The minimum Gasteiger partial charge on any atom is -0.497 e. The van der Waals surface area contributed by atoms with E-state index < -0.39 is 6.16 Å². The van der Waals surface area contributed by atoms with Crippen LogP contribution in [0, 0.1) is 0 Å². The summed E-state index contributed by atoms with van der Waals surface area (Å²) < 4.78 is 9.99. The van der Waals surface area contributed by atoms with Crippen molar-refractivity contribution in [3.05, 3.63) is 42.1 Å². The van der Waals surface area contributed by atoms with Gasteiger partial charge in [0, 0.05) is 11.8 Å². The molecule has 0 aliphatic carbocycles. The Balaban J connectivity index is 2.45. The summed E-state index contributed by atoms with van der Waals surface area (Å²) in [5.74, 6) is 0.934. The Kier molecular flexibility index (Phi) is 5.36. The molecule has 0 saturated carbocycles. The number of benzene rings is 1. The molecular weight excluding hydrogens is 282 g/mol. The average Bonchev–Trinajstić information content (AvgIpc) is 2.53. The van der Waals surface area contributed by atoms with Crippen LogP contribution in [0.3, 0.4) is 0 Å². The molecule has 1 aromatic heterocycles. The Labute approximate surface area is 129 Å². The lowest BCUT2D eigenvalue weighted by Gasteiger charge is -2.13. The molecule has 0 aliphatic rings. The van der Waals surface area contributed by atoms with E-state index in [0.717, 1.165) is 35.3 Å². The molecule has 0 amide bonds. The molecule has 22 heavy (non-hydrogen) atoms. The van der Waals surface area contributed by atoms with Crippen molar-refractivity contribution < 1.29 is 19.4 Å². The molecule has 0 bridgehead atoms. The van der Waals surface area contributed by atoms with Gasteiger partial charge in [-0.2, -0.15) is 0 Å². The van der Waals surface area contributed by atoms with Crippen LogP contribution in [-0.2, 0) is 6.42 Å². The van der Waals surface area contributed by atoms with Crippen LogP contribution in [0.4, 0.5) is 4.79 Å². The van der Waals surface area contributed by atoms with Gasteiger partial charge < -0.3 is 14.6 Å². The molecule has 1 heterocycles. The summed E-state index contributed by atoms with van der Waals surface area (Å²) in [6.45, 7) is 2.08. The van der Waals surface area contributed by atoms with Gasteiger partial charge in [0.15, 0.2) is 0 Å². The highest BCUT2D eigenvalue weighted by Crippen LogP contribution is 2.31. The van der Waals surface area contributed by atoms with E-state index >= 15 is 0 Å². The zero-order valence-electron chi connectivity index (χ0n) is 12.7. The van der Waals surface area contributed by atoms with Crippen molar-refractivity contribution in [3.8, 4) is 22.8 Å². The van der Waals surface area contributed by atoms with E-state index in [1.165, 1.54) is 0 Å². The van der Waals surface area contributed by atoms with E-state index in [-0.39, 0.29) is 5.88 Å². The number of carbonyl (C=O) groups is 1. The molecule has 0 saturated heterocycles. The van der Waals surface area contributed by atoms with Gasteiger partial charge >= 0.3 is 6.16 Å². The van der Waals surface area contributed by atoms with Crippen molar-refractivity contribution in [2.24, 2.45) is 0 Å². The van der Waals surface area contributed by atoms with E-state index in [2.05, 4.69) is 11.9 Å². The summed E-state index contributed by atoms with van der Waals surface area (Å²) in [4.78, 5) is 14.9. The third-order valence-electron chi connectivity index (χ3n) is 3.38. The summed E-state index contributed by atoms with van der Waals surface area (Å²) in [5, 5.41) is 8.87. The number of methoxy groups -OCH3 is 1. The minimum absolute atomic E-state index is 0.161. The standard InChI is InChI=1S/C17H19NO4/c1-3-4-5-15-14(10-11-18-16(15)22-17(19)20)12-6-8-13(21-2)9-7-12/h6-11H,3-5H2,1-2H3,(H,19,20). The van der Waals surface area contributed by atoms with Crippen molar-refractivity contribution in [2.45, 2.75) is 26.2 Å². The van der Waals surface area contributed by atoms with Crippen LogP contribution in [0.25, 0.3) is 11.1 Å². The molecule has 1 aromatic carbocycles. The quantitative estimate of drug-likeness (QED) is 0.811. The molecule has 0 atom stereocenters. The van der Waals surface area contributed by atoms with Crippen LogP contribution in [0.1, 0.15) is 25.3 Å². The fourth-order valence-electron chi connectivity index (χ4n) is 2.28. The highest BCUT2D eigenvalue weighted by molar-refractivity contribution is 5.71. The van der Waals surface area contributed by atoms with Crippen LogP contribution in [0.15, 0.2) is 36.5 Å². The van der Waals surface area contributed by atoms with Crippen molar-refractivity contribution in [2.75, 3.05) is 7.11 Å². The molecule has 5 nitrogen and oxygen atoms in total. The number of nitrogens with zero attached hydrogens (tertiary/aromatic N) is 1. The largest absolute Gasteiger partial charge is 0.512 e. The van der Waals surface area contributed by atoms with Gasteiger partial charge in [-0.05, 0) is 42.2 Å². The van der Waals surface area contributed by atoms with Crippen molar-refractivity contribution in [1.29, 1.82) is 0 Å². The highest BCUT2D eigenvalue weighted by Gasteiger charge is 2.15. The van der Waals surface area contributed by atoms with E-state index in [0.29, 0.717) is 6.42 Å². The van der Waals surface area contributed by atoms with E-state index in [9.17, 15) is 4.79 Å². The van der Waals surface area contributed by atoms with Gasteiger partial charge in [-0.3, -0.25) is 0 Å². The lowest BCUT2D eigenvalue weighted by Crippen LogP contribution is -2.08. The predicted octanol–water partition coefficient (Wildman–Crippen LogP) is 4.16. The second-order valence-electron chi connectivity index (χ2n) is 4.84. The number of carboxylic acid groups (broad SMARTS) is 1. The van der Waals surface area contributed by atoms with Gasteiger partial charge in [-0.1, -0.05) is 25.5 Å². The van der Waals surface area contributed by atoms with Gasteiger partial charge in [0.2, 0.25) is 5.88 Å². The topological polar surface area (TPSA) is 68.7 Å². The predicted molar refractivity (Wildman–Crippen MR) is 83.5 cm³/mol. The summed E-state index contributed by atoms with van der Waals surface area (Å²) >= 11 is 0. The minimum atomic E-state index is -1.35. The Hall–Kier alpha value is -2.56. The molecule has 2 aromatic rings. The molecule has 0 unspecified atom stereocenters. The maximum Gasteiger partial charge on any atom is 0.512 e. The molecule has 5 heteroatoms. The number of hydrogen-bond donors (Lipinski definition) is 1.